The first-order valence-electron chi connectivity index (χ1n) is 5.22. The van der Waals surface area contributed by atoms with Crippen LogP contribution in [0.1, 0.15) is 16.7 Å². The summed E-state index contributed by atoms with van der Waals surface area (Å²) in [6.45, 7) is 2.06. The average Bonchev–Trinajstić information content (AvgIpc) is 2.26. The van der Waals surface area contributed by atoms with Crippen molar-refractivity contribution in [3.8, 4) is 5.75 Å². The summed E-state index contributed by atoms with van der Waals surface area (Å²) in [7, 11) is 0. The molecule has 1 nitrogen and oxygen atoms in total. The molecule has 16 heavy (non-hydrogen) atoms. The van der Waals surface area contributed by atoms with Crippen LogP contribution >= 0.6 is 12.6 Å². The second-order valence-electron chi connectivity index (χ2n) is 3.94. The number of phenolic OH excluding ortho intramolecular Hbond substituents is 1. The van der Waals surface area contributed by atoms with Crippen LogP contribution in [0.3, 0.4) is 0 Å². The van der Waals surface area contributed by atoms with Gasteiger partial charge < -0.3 is 5.11 Å². The number of aryl methyl sites for hydroxylation is 1. The van der Waals surface area contributed by atoms with Crippen LogP contribution in [0.25, 0.3) is 0 Å². The quantitative estimate of drug-likeness (QED) is 0.756. The second kappa shape index (κ2) is 4.62. The van der Waals surface area contributed by atoms with Gasteiger partial charge in [-0.3, -0.25) is 0 Å². The summed E-state index contributed by atoms with van der Waals surface area (Å²) < 4.78 is 0. The summed E-state index contributed by atoms with van der Waals surface area (Å²) in [6, 6.07) is 13.7. The maximum Gasteiger partial charge on any atom is 0.120 e. The molecule has 2 rings (SSSR count). The monoisotopic (exact) mass is 230 g/mol. The molecule has 2 heteroatoms. The molecule has 1 N–H and O–H groups in total. The van der Waals surface area contributed by atoms with Crippen LogP contribution in [0.5, 0.6) is 5.75 Å². The molecule has 0 aromatic heterocycles. The van der Waals surface area contributed by atoms with Crippen molar-refractivity contribution in [2.75, 3.05) is 0 Å². The normalized spacial score (nSPS) is 10.4. The molecule has 0 heterocycles. The Morgan fingerprint density at radius 1 is 1.06 bits per heavy atom. The van der Waals surface area contributed by atoms with E-state index in [2.05, 4.69) is 43.8 Å². The maximum atomic E-state index is 9.76. The Morgan fingerprint density at radius 3 is 2.38 bits per heavy atom. The molecular formula is C14H14OS. The second-order valence-corrected chi connectivity index (χ2v) is 4.42. The lowest BCUT2D eigenvalue weighted by atomic mass is 10.0. The number of aromatic hydroxyl groups is 1. The van der Waals surface area contributed by atoms with Crippen molar-refractivity contribution in [2.24, 2.45) is 0 Å². The van der Waals surface area contributed by atoms with E-state index >= 15 is 0 Å². The summed E-state index contributed by atoms with van der Waals surface area (Å²) in [6.07, 6.45) is 0.714. The van der Waals surface area contributed by atoms with Gasteiger partial charge in [0.05, 0.1) is 0 Å². The fourth-order valence-corrected chi connectivity index (χ4v) is 1.93. The van der Waals surface area contributed by atoms with Gasteiger partial charge in [0.15, 0.2) is 0 Å². The van der Waals surface area contributed by atoms with E-state index in [0.717, 1.165) is 10.5 Å². The van der Waals surface area contributed by atoms with Crippen molar-refractivity contribution < 1.29 is 5.11 Å². The Balaban J connectivity index is 2.30. The molecule has 0 aliphatic carbocycles. The Morgan fingerprint density at radius 2 is 1.75 bits per heavy atom. The smallest absolute Gasteiger partial charge is 0.120 e. The number of phenols is 1. The van der Waals surface area contributed by atoms with Gasteiger partial charge in [0.2, 0.25) is 0 Å². The topological polar surface area (TPSA) is 20.2 Å². The molecular weight excluding hydrogens is 216 g/mol. The van der Waals surface area contributed by atoms with Crippen LogP contribution in [-0.2, 0) is 6.42 Å². The van der Waals surface area contributed by atoms with Gasteiger partial charge in [0.25, 0.3) is 0 Å². The molecule has 0 saturated heterocycles. The van der Waals surface area contributed by atoms with Crippen LogP contribution < -0.4 is 0 Å². The molecule has 82 valence electrons. The first-order chi connectivity index (χ1) is 7.66. The highest BCUT2D eigenvalue weighted by molar-refractivity contribution is 7.80. The maximum absolute atomic E-state index is 9.76. The molecule has 2 aromatic rings. The zero-order chi connectivity index (χ0) is 11.5. The molecule has 0 saturated carbocycles. The molecule has 0 spiro atoms. The predicted molar refractivity (Wildman–Crippen MR) is 69.3 cm³/mol. The number of hydrogen-bond acceptors (Lipinski definition) is 2. The summed E-state index contributed by atoms with van der Waals surface area (Å²) >= 11 is 4.36. The predicted octanol–water partition coefficient (Wildman–Crippen LogP) is 3.58. The van der Waals surface area contributed by atoms with Crippen molar-refractivity contribution in [1.29, 1.82) is 0 Å². The average molecular weight is 230 g/mol. The van der Waals surface area contributed by atoms with Gasteiger partial charge in [0, 0.05) is 16.9 Å². The first-order valence-corrected chi connectivity index (χ1v) is 5.67. The molecule has 0 atom stereocenters. The van der Waals surface area contributed by atoms with Gasteiger partial charge in [-0.25, -0.2) is 0 Å². The number of thiol groups is 1. The number of hydrogen-bond donors (Lipinski definition) is 2. The van der Waals surface area contributed by atoms with Gasteiger partial charge in [0.1, 0.15) is 5.75 Å². The minimum absolute atomic E-state index is 0.313. The van der Waals surface area contributed by atoms with E-state index in [0.29, 0.717) is 12.2 Å². The van der Waals surface area contributed by atoms with E-state index < -0.39 is 0 Å². The Bertz CT molecular complexity index is 468. The highest BCUT2D eigenvalue weighted by Gasteiger charge is 2.05. The lowest BCUT2D eigenvalue weighted by Gasteiger charge is -2.07. The van der Waals surface area contributed by atoms with Crippen molar-refractivity contribution in [3.05, 3.63) is 59.2 Å². The lowest BCUT2D eigenvalue weighted by molar-refractivity contribution is 0.467. The van der Waals surface area contributed by atoms with Crippen molar-refractivity contribution in [3.63, 3.8) is 0 Å². The van der Waals surface area contributed by atoms with Gasteiger partial charge in [-0.05, 0) is 24.6 Å². The fourth-order valence-electron chi connectivity index (χ4n) is 1.65. The summed E-state index contributed by atoms with van der Waals surface area (Å²) in [5, 5.41) is 9.76. The molecule has 0 aliphatic heterocycles. The van der Waals surface area contributed by atoms with E-state index in [1.54, 1.807) is 12.1 Å². The fraction of sp³-hybridized carbons (Fsp3) is 0.143. The summed E-state index contributed by atoms with van der Waals surface area (Å²) in [5.41, 5.74) is 3.31. The van der Waals surface area contributed by atoms with Crippen LogP contribution in [0, 0.1) is 6.92 Å². The zero-order valence-corrected chi connectivity index (χ0v) is 10.0. The van der Waals surface area contributed by atoms with Crippen LogP contribution in [-0.4, -0.2) is 5.11 Å². The summed E-state index contributed by atoms with van der Waals surface area (Å²) in [4.78, 5) is 0.834. The molecule has 0 fully saturated rings. The minimum atomic E-state index is 0.313. The van der Waals surface area contributed by atoms with Crippen molar-refractivity contribution in [1.82, 2.24) is 0 Å². The lowest BCUT2D eigenvalue weighted by Crippen LogP contribution is -1.90. The number of rotatable bonds is 2. The van der Waals surface area contributed by atoms with Gasteiger partial charge in [-0.2, -0.15) is 0 Å². The van der Waals surface area contributed by atoms with E-state index in [-0.39, 0.29) is 0 Å². The third-order valence-corrected chi connectivity index (χ3v) is 3.05. The van der Waals surface area contributed by atoms with Crippen molar-refractivity contribution >= 4 is 12.6 Å². The SMILES string of the molecule is Cc1ccc(Cc2c(O)cccc2S)cc1. The largest absolute Gasteiger partial charge is 0.508 e. The van der Waals surface area contributed by atoms with E-state index in [1.807, 2.05) is 6.07 Å². The summed E-state index contributed by atoms with van der Waals surface area (Å²) in [5.74, 6) is 0.313. The Kier molecular flexibility index (Phi) is 3.20. The Hall–Kier alpha value is -1.41. The van der Waals surface area contributed by atoms with Gasteiger partial charge >= 0.3 is 0 Å². The molecule has 0 radical (unpaired) electrons. The zero-order valence-electron chi connectivity index (χ0n) is 9.14. The minimum Gasteiger partial charge on any atom is -0.508 e. The third-order valence-electron chi connectivity index (χ3n) is 2.63. The molecule has 0 bridgehead atoms. The van der Waals surface area contributed by atoms with Gasteiger partial charge in [-0.15, -0.1) is 12.6 Å². The Labute approximate surface area is 101 Å². The highest BCUT2D eigenvalue weighted by atomic mass is 32.1. The van der Waals surface area contributed by atoms with Crippen LogP contribution in [0.4, 0.5) is 0 Å². The van der Waals surface area contributed by atoms with E-state index in [1.165, 1.54) is 11.1 Å². The van der Waals surface area contributed by atoms with Gasteiger partial charge in [-0.1, -0.05) is 35.9 Å². The van der Waals surface area contributed by atoms with Crippen LogP contribution in [0.2, 0.25) is 0 Å². The standard InChI is InChI=1S/C14H14OS/c1-10-5-7-11(8-6-10)9-12-13(15)3-2-4-14(12)16/h2-8,15-16H,9H2,1H3. The molecule has 0 aliphatic rings. The molecule has 0 amide bonds. The molecule has 2 aromatic carbocycles. The molecule has 0 unspecified atom stereocenters. The van der Waals surface area contributed by atoms with Crippen LogP contribution in [0.15, 0.2) is 47.4 Å². The third kappa shape index (κ3) is 2.39. The van der Waals surface area contributed by atoms with E-state index in [9.17, 15) is 5.11 Å². The highest BCUT2D eigenvalue weighted by Crippen LogP contribution is 2.26. The van der Waals surface area contributed by atoms with Crippen molar-refractivity contribution in [2.45, 2.75) is 18.2 Å². The number of benzene rings is 2. The van der Waals surface area contributed by atoms with E-state index in [4.69, 9.17) is 0 Å². The first kappa shape index (κ1) is 11.1.